The number of carbonyl (C=O) groups excluding carboxylic acids is 1. The van der Waals surface area contributed by atoms with Crippen molar-refractivity contribution in [2.45, 2.75) is 17.2 Å². The maximum Gasteiger partial charge on any atom is 0.120 e. The molecule has 0 fully saturated rings. The number of likely N-dealkylation sites (N-methyl/N-ethyl adjacent to an activating group) is 1. The first-order valence-electron chi connectivity index (χ1n) is 4.73. The predicted octanol–water partition coefficient (Wildman–Crippen LogP) is 2.46. The Balaban J connectivity index is 2.78. The number of aldehydes is 1. The van der Waals surface area contributed by atoms with Crippen molar-refractivity contribution in [2.24, 2.45) is 0 Å². The summed E-state index contributed by atoms with van der Waals surface area (Å²) in [7, 11) is 1.35. The number of rotatable bonds is 5. The normalized spacial score (nSPS) is 12.8. The van der Waals surface area contributed by atoms with Crippen LogP contribution in [0.1, 0.15) is 17.9 Å². The summed E-state index contributed by atoms with van der Waals surface area (Å²) in [5.41, 5.74) is 0.962. The van der Waals surface area contributed by atoms with Crippen molar-refractivity contribution in [1.29, 1.82) is 0 Å². The van der Waals surface area contributed by atoms with Gasteiger partial charge in [-0.2, -0.15) is 0 Å². The molecule has 0 aliphatic rings. The van der Waals surface area contributed by atoms with Gasteiger partial charge in [-0.25, -0.2) is 0 Å². The van der Waals surface area contributed by atoms with Crippen molar-refractivity contribution < 1.29 is 9.28 Å². The van der Waals surface area contributed by atoms with Crippen molar-refractivity contribution in [3.8, 4) is 0 Å². The summed E-state index contributed by atoms with van der Waals surface area (Å²) in [4.78, 5) is 11.3. The Morgan fingerprint density at radius 1 is 1.47 bits per heavy atom. The number of halogens is 1. The Morgan fingerprint density at radius 2 is 2.07 bits per heavy atom. The topological polar surface area (TPSA) is 20.3 Å². The van der Waals surface area contributed by atoms with Crippen LogP contribution in [0.4, 0.5) is 4.48 Å². The highest BCUT2D eigenvalue weighted by Crippen LogP contribution is 2.21. The second kappa shape index (κ2) is 5.88. The molecule has 1 atom stereocenters. The molecule has 0 heterocycles. The number of thiol groups is 1. The van der Waals surface area contributed by atoms with E-state index in [1.165, 1.54) is 7.05 Å². The Hall–Kier alpha value is -0.870. The van der Waals surface area contributed by atoms with E-state index in [-0.39, 0.29) is 12.5 Å². The van der Waals surface area contributed by atoms with E-state index in [0.717, 1.165) is 16.7 Å². The van der Waals surface area contributed by atoms with Gasteiger partial charge >= 0.3 is 0 Å². The molecule has 0 amide bonds. The summed E-state index contributed by atoms with van der Waals surface area (Å²) >= 11 is 4.17. The molecule has 2 nitrogen and oxygen atoms in total. The van der Waals surface area contributed by atoms with Gasteiger partial charge < -0.3 is 4.79 Å². The highest BCUT2D eigenvalue weighted by atomic mass is 32.1. The van der Waals surface area contributed by atoms with E-state index < -0.39 is 0 Å². The molecule has 4 heteroatoms. The minimum atomic E-state index is -0.0913. The molecule has 0 spiro atoms. The smallest absolute Gasteiger partial charge is 0.120 e. The van der Waals surface area contributed by atoms with Crippen molar-refractivity contribution in [2.75, 3.05) is 13.6 Å². The Labute approximate surface area is 94.4 Å². The van der Waals surface area contributed by atoms with E-state index in [4.69, 9.17) is 0 Å². The van der Waals surface area contributed by atoms with Gasteiger partial charge in [0.25, 0.3) is 0 Å². The summed E-state index contributed by atoms with van der Waals surface area (Å²) in [5.74, 6) is -0.0913. The minimum Gasteiger partial charge on any atom is -0.303 e. The molecule has 15 heavy (non-hydrogen) atoms. The van der Waals surface area contributed by atoms with Crippen LogP contribution < -0.4 is 0 Å². The first-order valence-corrected chi connectivity index (χ1v) is 5.17. The lowest BCUT2D eigenvalue weighted by atomic mass is 9.96. The number of carbonyl (C=O) groups is 1. The Bertz CT molecular complexity index is 313. The van der Waals surface area contributed by atoms with Crippen LogP contribution in [0.15, 0.2) is 29.2 Å². The molecule has 0 bridgehead atoms. The summed E-state index contributed by atoms with van der Waals surface area (Å²) in [5, 5.41) is 0.600. The predicted molar refractivity (Wildman–Crippen MR) is 60.9 cm³/mol. The fourth-order valence-corrected chi connectivity index (χ4v) is 1.63. The van der Waals surface area contributed by atoms with E-state index in [0.29, 0.717) is 11.5 Å². The van der Waals surface area contributed by atoms with E-state index >= 15 is 0 Å². The number of benzene rings is 1. The third kappa shape index (κ3) is 4.01. The first-order chi connectivity index (χ1) is 7.13. The number of hydrogen-bond donors (Lipinski definition) is 1. The molecule has 0 aliphatic carbocycles. The van der Waals surface area contributed by atoms with E-state index in [2.05, 4.69) is 12.6 Å². The molecule has 0 aliphatic heterocycles. The van der Waals surface area contributed by atoms with Gasteiger partial charge in [-0.05, 0) is 17.7 Å². The third-order valence-corrected chi connectivity index (χ3v) is 2.52. The lowest BCUT2D eigenvalue weighted by molar-refractivity contribution is -0.108. The quantitative estimate of drug-likeness (QED) is 0.474. The molecular formula is C11H14FNOS. The summed E-state index contributed by atoms with van der Waals surface area (Å²) in [6, 6.07) is 7.43. The Morgan fingerprint density at radius 3 is 2.53 bits per heavy atom. The van der Waals surface area contributed by atoms with Gasteiger partial charge in [-0.1, -0.05) is 12.1 Å². The van der Waals surface area contributed by atoms with Crippen molar-refractivity contribution in [3.63, 3.8) is 0 Å². The molecule has 1 aromatic carbocycles. The van der Waals surface area contributed by atoms with Gasteiger partial charge in [0, 0.05) is 30.8 Å². The number of nitrogens with zero attached hydrogens (tertiary/aromatic N) is 1. The summed E-state index contributed by atoms with van der Waals surface area (Å²) in [6.45, 7) is 0.227. The SMILES string of the molecule is CN(F)CC(CC=O)c1ccc(S)cc1. The van der Waals surface area contributed by atoms with Crippen molar-refractivity contribution in [3.05, 3.63) is 29.8 Å². The van der Waals surface area contributed by atoms with Crippen LogP contribution in [0.3, 0.4) is 0 Å². The zero-order chi connectivity index (χ0) is 11.3. The molecule has 1 aromatic rings. The van der Waals surface area contributed by atoms with Crippen LogP contribution >= 0.6 is 12.6 Å². The summed E-state index contributed by atoms with van der Waals surface area (Å²) < 4.78 is 12.7. The zero-order valence-corrected chi connectivity index (χ0v) is 9.45. The largest absolute Gasteiger partial charge is 0.303 e. The fraction of sp³-hybridized carbons (Fsp3) is 0.364. The second-order valence-electron chi connectivity index (χ2n) is 3.48. The van der Waals surface area contributed by atoms with Crippen LogP contribution in [-0.4, -0.2) is 25.0 Å². The van der Waals surface area contributed by atoms with Crippen LogP contribution in [-0.2, 0) is 4.79 Å². The monoisotopic (exact) mass is 227 g/mol. The molecule has 1 unspecified atom stereocenters. The molecular weight excluding hydrogens is 213 g/mol. The Kier molecular flexibility index (Phi) is 4.78. The van der Waals surface area contributed by atoms with Crippen molar-refractivity contribution >= 4 is 18.9 Å². The van der Waals surface area contributed by atoms with Crippen LogP contribution in [0.2, 0.25) is 0 Å². The molecule has 82 valence electrons. The van der Waals surface area contributed by atoms with Crippen LogP contribution in [0, 0.1) is 0 Å². The van der Waals surface area contributed by atoms with Gasteiger partial charge in [-0.3, -0.25) is 0 Å². The highest BCUT2D eigenvalue weighted by Gasteiger charge is 2.13. The average Bonchev–Trinajstić information content (AvgIpc) is 2.17. The molecule has 0 N–H and O–H groups in total. The zero-order valence-electron chi connectivity index (χ0n) is 8.56. The minimum absolute atomic E-state index is 0.0913. The molecule has 0 aromatic heterocycles. The first kappa shape index (κ1) is 12.2. The van der Waals surface area contributed by atoms with E-state index in [1.807, 2.05) is 24.3 Å². The standard InChI is InChI=1S/C11H14FNOS/c1-13(12)8-10(6-7-14)9-2-4-11(15)5-3-9/h2-5,7,10,15H,6,8H2,1H3. The van der Waals surface area contributed by atoms with Gasteiger partial charge in [0.2, 0.25) is 0 Å². The maximum atomic E-state index is 12.7. The lowest BCUT2D eigenvalue weighted by Gasteiger charge is -2.16. The summed E-state index contributed by atoms with van der Waals surface area (Å²) in [6.07, 6.45) is 1.16. The van der Waals surface area contributed by atoms with Gasteiger partial charge in [0.05, 0.1) is 0 Å². The fourth-order valence-electron chi connectivity index (χ4n) is 1.48. The van der Waals surface area contributed by atoms with Crippen molar-refractivity contribution in [1.82, 2.24) is 5.12 Å². The van der Waals surface area contributed by atoms with Crippen LogP contribution in [0.5, 0.6) is 0 Å². The van der Waals surface area contributed by atoms with E-state index in [9.17, 15) is 9.28 Å². The van der Waals surface area contributed by atoms with Gasteiger partial charge in [-0.15, -0.1) is 22.2 Å². The third-order valence-electron chi connectivity index (χ3n) is 2.22. The maximum absolute atomic E-state index is 12.7. The molecule has 0 radical (unpaired) electrons. The average molecular weight is 227 g/mol. The molecule has 0 saturated heterocycles. The van der Waals surface area contributed by atoms with Gasteiger partial charge in [0.1, 0.15) is 6.29 Å². The lowest BCUT2D eigenvalue weighted by Crippen LogP contribution is -2.17. The van der Waals surface area contributed by atoms with E-state index in [1.54, 1.807) is 0 Å². The molecule has 0 saturated carbocycles. The highest BCUT2D eigenvalue weighted by molar-refractivity contribution is 7.80. The van der Waals surface area contributed by atoms with Gasteiger partial charge in [0.15, 0.2) is 0 Å². The molecule has 1 rings (SSSR count). The second-order valence-corrected chi connectivity index (χ2v) is 3.99. The number of hydrogen-bond acceptors (Lipinski definition) is 3. The van der Waals surface area contributed by atoms with Crippen LogP contribution in [0.25, 0.3) is 0 Å².